The van der Waals surface area contributed by atoms with Crippen LogP contribution in [0.3, 0.4) is 0 Å². The molecule has 0 saturated heterocycles. The van der Waals surface area contributed by atoms with E-state index in [0.29, 0.717) is 6.54 Å². The number of hydrogen-bond donors (Lipinski definition) is 3. The highest BCUT2D eigenvalue weighted by Gasteiger charge is 2.03. The van der Waals surface area contributed by atoms with Crippen molar-refractivity contribution < 1.29 is 10.2 Å². The molecule has 3 heteroatoms. The molecule has 0 bridgehead atoms. The van der Waals surface area contributed by atoms with Crippen LogP contribution in [0.15, 0.2) is 0 Å². The van der Waals surface area contributed by atoms with Crippen LogP contribution in [0.2, 0.25) is 0 Å². The molecule has 0 aliphatic rings. The van der Waals surface area contributed by atoms with Crippen molar-refractivity contribution in [2.45, 2.75) is 32.4 Å². The zero-order valence-corrected chi connectivity index (χ0v) is 6.67. The summed E-state index contributed by atoms with van der Waals surface area (Å²) in [6.45, 7) is 4.51. The molecular weight excluding hydrogens is 130 g/mol. The van der Waals surface area contributed by atoms with Crippen LogP contribution in [-0.2, 0) is 0 Å². The molecule has 0 spiro atoms. The number of aliphatic hydroxyl groups is 2. The lowest BCUT2D eigenvalue weighted by Crippen LogP contribution is -2.31. The van der Waals surface area contributed by atoms with Crippen molar-refractivity contribution in [2.75, 3.05) is 13.2 Å². The summed E-state index contributed by atoms with van der Waals surface area (Å²) in [4.78, 5) is 0. The summed E-state index contributed by atoms with van der Waals surface area (Å²) in [6, 6.07) is 0.284. The van der Waals surface area contributed by atoms with Gasteiger partial charge in [-0.25, -0.2) is 0 Å². The van der Waals surface area contributed by atoms with Crippen molar-refractivity contribution in [1.29, 1.82) is 0 Å². The van der Waals surface area contributed by atoms with Gasteiger partial charge in [-0.05, 0) is 20.3 Å². The molecule has 0 aromatic carbocycles. The lowest BCUT2D eigenvalue weighted by Gasteiger charge is -2.13. The number of nitrogens with one attached hydrogen (secondary N) is 1. The van der Waals surface area contributed by atoms with E-state index in [1.54, 1.807) is 6.92 Å². The Balaban J connectivity index is 3.16. The molecule has 3 nitrogen and oxygen atoms in total. The van der Waals surface area contributed by atoms with Crippen molar-refractivity contribution >= 4 is 0 Å². The zero-order valence-electron chi connectivity index (χ0n) is 6.67. The molecule has 0 rings (SSSR count). The fraction of sp³-hybridized carbons (Fsp3) is 1.00. The standard InChI is InChI=1S/C7H17NO2/c1-6(5-7(2)10)8-3-4-9/h6-10H,3-5H2,1-2H3. The molecule has 2 atom stereocenters. The molecule has 10 heavy (non-hydrogen) atoms. The molecule has 0 radical (unpaired) electrons. The van der Waals surface area contributed by atoms with Crippen molar-refractivity contribution in [3.8, 4) is 0 Å². The van der Waals surface area contributed by atoms with Gasteiger partial charge >= 0.3 is 0 Å². The Morgan fingerprint density at radius 2 is 2.00 bits per heavy atom. The third-order valence-corrected chi connectivity index (χ3v) is 1.30. The summed E-state index contributed by atoms with van der Waals surface area (Å²) < 4.78 is 0. The average molecular weight is 147 g/mol. The SMILES string of the molecule is CC(O)CC(C)NCCO. The normalized spacial score (nSPS) is 16.8. The molecule has 62 valence electrons. The predicted octanol–water partition coefficient (Wildman–Crippen LogP) is -0.272. The molecule has 0 amide bonds. The van der Waals surface area contributed by atoms with E-state index in [0.717, 1.165) is 6.42 Å². The first-order valence-electron chi connectivity index (χ1n) is 3.69. The second-order valence-corrected chi connectivity index (χ2v) is 2.66. The second kappa shape index (κ2) is 5.65. The molecule has 0 fully saturated rings. The lowest BCUT2D eigenvalue weighted by molar-refractivity contribution is 0.168. The zero-order chi connectivity index (χ0) is 7.98. The molecular formula is C7H17NO2. The van der Waals surface area contributed by atoms with Crippen molar-refractivity contribution in [3.05, 3.63) is 0 Å². The Kier molecular flexibility index (Phi) is 5.58. The summed E-state index contributed by atoms with van der Waals surface area (Å²) in [5.41, 5.74) is 0. The van der Waals surface area contributed by atoms with E-state index < -0.39 is 0 Å². The van der Waals surface area contributed by atoms with Crippen molar-refractivity contribution in [2.24, 2.45) is 0 Å². The summed E-state index contributed by atoms with van der Waals surface area (Å²) in [6.07, 6.45) is 0.473. The van der Waals surface area contributed by atoms with Crippen molar-refractivity contribution in [3.63, 3.8) is 0 Å². The first kappa shape index (κ1) is 9.88. The maximum Gasteiger partial charge on any atom is 0.0556 e. The van der Waals surface area contributed by atoms with Gasteiger partial charge in [0.1, 0.15) is 0 Å². The maximum absolute atomic E-state index is 8.92. The molecule has 2 unspecified atom stereocenters. The number of rotatable bonds is 5. The van der Waals surface area contributed by atoms with Gasteiger partial charge in [0.25, 0.3) is 0 Å². The minimum Gasteiger partial charge on any atom is -0.395 e. The van der Waals surface area contributed by atoms with Crippen LogP contribution in [0.4, 0.5) is 0 Å². The maximum atomic E-state index is 8.92. The second-order valence-electron chi connectivity index (χ2n) is 2.66. The van der Waals surface area contributed by atoms with Gasteiger partial charge in [-0.1, -0.05) is 0 Å². The monoisotopic (exact) mass is 147 g/mol. The minimum absolute atomic E-state index is 0.157. The van der Waals surface area contributed by atoms with Crippen LogP contribution in [-0.4, -0.2) is 35.5 Å². The Hall–Kier alpha value is -0.120. The third kappa shape index (κ3) is 6.01. The molecule has 3 N–H and O–H groups in total. The van der Waals surface area contributed by atoms with Crippen LogP contribution < -0.4 is 5.32 Å². The fourth-order valence-electron chi connectivity index (χ4n) is 0.906. The molecule has 0 aromatic heterocycles. The lowest BCUT2D eigenvalue weighted by atomic mass is 10.1. The topological polar surface area (TPSA) is 52.5 Å². The Morgan fingerprint density at radius 3 is 2.40 bits per heavy atom. The minimum atomic E-state index is -0.263. The summed E-state index contributed by atoms with van der Waals surface area (Å²) >= 11 is 0. The van der Waals surface area contributed by atoms with Gasteiger partial charge in [0.05, 0.1) is 12.7 Å². The molecule has 0 aliphatic heterocycles. The highest BCUT2D eigenvalue weighted by atomic mass is 16.3. The van der Waals surface area contributed by atoms with Gasteiger partial charge in [0.2, 0.25) is 0 Å². The van der Waals surface area contributed by atoms with Crippen LogP contribution in [0.25, 0.3) is 0 Å². The van der Waals surface area contributed by atoms with E-state index in [2.05, 4.69) is 5.32 Å². The third-order valence-electron chi connectivity index (χ3n) is 1.30. The van der Waals surface area contributed by atoms with Gasteiger partial charge in [0, 0.05) is 12.6 Å². The van der Waals surface area contributed by atoms with E-state index in [1.165, 1.54) is 0 Å². The quantitative estimate of drug-likeness (QED) is 0.501. The highest BCUT2D eigenvalue weighted by molar-refractivity contribution is 4.62. The molecule has 0 heterocycles. The number of hydrogen-bond acceptors (Lipinski definition) is 3. The Bertz CT molecular complexity index is 76.0. The smallest absolute Gasteiger partial charge is 0.0556 e. The summed E-state index contributed by atoms with van der Waals surface area (Å²) in [5, 5.41) is 20.4. The number of aliphatic hydroxyl groups excluding tert-OH is 2. The average Bonchev–Trinajstić information content (AvgIpc) is 1.82. The highest BCUT2D eigenvalue weighted by Crippen LogP contribution is 1.94. The van der Waals surface area contributed by atoms with Gasteiger partial charge in [0.15, 0.2) is 0 Å². The predicted molar refractivity (Wildman–Crippen MR) is 40.8 cm³/mol. The van der Waals surface area contributed by atoms with E-state index in [1.807, 2.05) is 6.92 Å². The Morgan fingerprint density at radius 1 is 1.40 bits per heavy atom. The van der Waals surface area contributed by atoms with Crippen LogP contribution >= 0.6 is 0 Å². The van der Waals surface area contributed by atoms with E-state index in [9.17, 15) is 0 Å². The molecule has 0 saturated carbocycles. The fourth-order valence-corrected chi connectivity index (χ4v) is 0.906. The molecule has 0 aliphatic carbocycles. The van der Waals surface area contributed by atoms with Crippen molar-refractivity contribution in [1.82, 2.24) is 5.32 Å². The van der Waals surface area contributed by atoms with Crippen LogP contribution in [0, 0.1) is 0 Å². The van der Waals surface area contributed by atoms with Gasteiger partial charge in [-0.15, -0.1) is 0 Å². The van der Waals surface area contributed by atoms with Crippen LogP contribution in [0.5, 0.6) is 0 Å². The van der Waals surface area contributed by atoms with Gasteiger partial charge in [-0.2, -0.15) is 0 Å². The molecule has 0 aromatic rings. The van der Waals surface area contributed by atoms with Crippen LogP contribution in [0.1, 0.15) is 20.3 Å². The van der Waals surface area contributed by atoms with Gasteiger partial charge in [-0.3, -0.25) is 0 Å². The van der Waals surface area contributed by atoms with Gasteiger partial charge < -0.3 is 15.5 Å². The Labute approximate surface area is 62.1 Å². The summed E-state index contributed by atoms with van der Waals surface area (Å²) in [5.74, 6) is 0. The summed E-state index contributed by atoms with van der Waals surface area (Å²) in [7, 11) is 0. The largest absolute Gasteiger partial charge is 0.395 e. The van der Waals surface area contributed by atoms with E-state index >= 15 is 0 Å². The van der Waals surface area contributed by atoms with E-state index in [-0.39, 0.29) is 18.8 Å². The van der Waals surface area contributed by atoms with E-state index in [4.69, 9.17) is 10.2 Å². The first-order valence-corrected chi connectivity index (χ1v) is 3.69. The first-order chi connectivity index (χ1) is 4.66.